The van der Waals surface area contributed by atoms with Crippen molar-refractivity contribution < 1.29 is 14.3 Å². The Morgan fingerprint density at radius 1 is 1.12 bits per heavy atom. The van der Waals surface area contributed by atoms with E-state index in [9.17, 15) is 9.59 Å². The molecular weight excluding hydrogens is 424 g/mol. The summed E-state index contributed by atoms with van der Waals surface area (Å²) in [6.45, 7) is 0.648. The van der Waals surface area contributed by atoms with Crippen molar-refractivity contribution in [2.24, 2.45) is 0 Å². The lowest BCUT2D eigenvalue weighted by Gasteiger charge is -2.14. The number of fused-ring (bicyclic) bond motifs is 2. The first-order valence-electron chi connectivity index (χ1n) is 10.2. The van der Waals surface area contributed by atoms with Crippen LogP contribution >= 0.6 is 11.8 Å². The Kier molecular flexibility index (Phi) is 5.41. The first kappa shape index (κ1) is 20.3. The van der Waals surface area contributed by atoms with Crippen molar-refractivity contribution in [2.45, 2.75) is 11.6 Å². The van der Waals surface area contributed by atoms with Gasteiger partial charge in [0.15, 0.2) is 10.9 Å². The number of benzene rings is 3. The highest BCUT2D eigenvalue weighted by atomic mass is 32.2. The minimum absolute atomic E-state index is 0.0238. The second-order valence-electron chi connectivity index (χ2n) is 7.39. The van der Waals surface area contributed by atoms with Gasteiger partial charge in [-0.25, -0.2) is 4.98 Å². The molecule has 2 heterocycles. The minimum atomic E-state index is -0.187. The summed E-state index contributed by atoms with van der Waals surface area (Å²) in [6.07, 6.45) is 0.811. The molecule has 3 aromatic carbocycles. The highest BCUT2D eigenvalue weighted by Crippen LogP contribution is 2.28. The number of hydrogen-bond donors (Lipinski definition) is 0. The van der Waals surface area contributed by atoms with Crippen molar-refractivity contribution >= 4 is 28.4 Å². The molecule has 0 amide bonds. The van der Waals surface area contributed by atoms with Gasteiger partial charge in [0.2, 0.25) is 0 Å². The SMILES string of the molecule is COc1cccc(-n2c(SCC(=O)c3ccc4c(c3)CCO4)nc3ccccc3c2=O)c1. The van der Waals surface area contributed by atoms with Crippen LogP contribution in [0.5, 0.6) is 11.5 Å². The van der Waals surface area contributed by atoms with E-state index in [0.29, 0.717) is 39.7 Å². The Morgan fingerprint density at radius 2 is 2.00 bits per heavy atom. The summed E-state index contributed by atoms with van der Waals surface area (Å²) < 4.78 is 12.4. The topological polar surface area (TPSA) is 70.4 Å². The zero-order valence-electron chi connectivity index (χ0n) is 17.4. The van der Waals surface area contributed by atoms with Crippen LogP contribution in [0.1, 0.15) is 15.9 Å². The number of ether oxygens (including phenoxy) is 2. The molecule has 5 rings (SSSR count). The van der Waals surface area contributed by atoms with E-state index in [0.717, 1.165) is 17.7 Å². The van der Waals surface area contributed by atoms with E-state index >= 15 is 0 Å². The van der Waals surface area contributed by atoms with E-state index in [1.807, 2.05) is 42.5 Å². The van der Waals surface area contributed by atoms with Crippen molar-refractivity contribution in [3.63, 3.8) is 0 Å². The summed E-state index contributed by atoms with van der Waals surface area (Å²) in [5.74, 6) is 1.62. The molecule has 0 saturated carbocycles. The molecule has 4 aromatic rings. The molecular formula is C25H20N2O4S. The van der Waals surface area contributed by atoms with E-state index in [2.05, 4.69) is 0 Å². The van der Waals surface area contributed by atoms with Crippen molar-refractivity contribution in [2.75, 3.05) is 19.5 Å². The Bertz CT molecular complexity index is 1400. The van der Waals surface area contributed by atoms with Gasteiger partial charge in [-0.15, -0.1) is 0 Å². The summed E-state index contributed by atoms with van der Waals surface area (Å²) in [5, 5.41) is 0.976. The van der Waals surface area contributed by atoms with Crippen LogP contribution in [0.3, 0.4) is 0 Å². The standard InChI is InChI=1S/C25H20N2O4S/c1-30-19-6-4-5-18(14-19)27-24(29)20-7-2-3-8-21(20)26-25(27)32-15-22(28)16-9-10-23-17(13-16)11-12-31-23/h2-10,13-14H,11-12,15H2,1H3. The fourth-order valence-electron chi connectivity index (χ4n) is 3.76. The molecule has 0 unspecified atom stereocenters. The number of methoxy groups -OCH3 is 1. The zero-order valence-corrected chi connectivity index (χ0v) is 18.2. The first-order chi connectivity index (χ1) is 15.6. The molecule has 0 radical (unpaired) electrons. The maximum Gasteiger partial charge on any atom is 0.266 e. The van der Waals surface area contributed by atoms with Gasteiger partial charge in [-0.2, -0.15) is 0 Å². The van der Waals surface area contributed by atoms with Gasteiger partial charge in [0.25, 0.3) is 5.56 Å². The predicted octanol–water partition coefficient (Wildman–Crippen LogP) is 4.30. The third-order valence-corrected chi connectivity index (χ3v) is 6.34. The molecule has 0 saturated heterocycles. The number of rotatable bonds is 6. The monoisotopic (exact) mass is 444 g/mol. The number of ketones is 1. The molecule has 0 atom stereocenters. The smallest absolute Gasteiger partial charge is 0.266 e. The lowest BCUT2D eigenvalue weighted by Crippen LogP contribution is -2.22. The Morgan fingerprint density at radius 3 is 2.88 bits per heavy atom. The number of carbonyl (C=O) groups is 1. The van der Waals surface area contributed by atoms with Crippen molar-refractivity contribution in [3.8, 4) is 17.2 Å². The fourth-order valence-corrected chi connectivity index (χ4v) is 4.67. The molecule has 0 fully saturated rings. The van der Waals surface area contributed by atoms with Gasteiger partial charge >= 0.3 is 0 Å². The molecule has 0 bridgehead atoms. The third kappa shape index (κ3) is 3.76. The summed E-state index contributed by atoms with van der Waals surface area (Å²) in [6, 6.07) is 20.0. The number of Topliss-reactive ketones (excluding diaryl/α,β-unsaturated/α-hetero) is 1. The second kappa shape index (κ2) is 8.51. The molecule has 1 aliphatic rings. The van der Waals surface area contributed by atoms with Crippen LogP contribution in [0.4, 0.5) is 0 Å². The number of aromatic nitrogens is 2. The average Bonchev–Trinajstić information content (AvgIpc) is 3.30. The van der Waals surface area contributed by atoms with E-state index in [1.54, 1.807) is 35.9 Å². The van der Waals surface area contributed by atoms with Gasteiger partial charge in [-0.1, -0.05) is 30.0 Å². The molecule has 6 nitrogen and oxygen atoms in total. The Balaban J connectivity index is 1.52. The first-order valence-corrected chi connectivity index (χ1v) is 11.2. The summed E-state index contributed by atoms with van der Waals surface area (Å²) in [7, 11) is 1.58. The highest BCUT2D eigenvalue weighted by Gasteiger charge is 2.18. The van der Waals surface area contributed by atoms with Gasteiger partial charge in [0.1, 0.15) is 11.5 Å². The van der Waals surface area contributed by atoms with Crippen molar-refractivity contribution in [1.82, 2.24) is 9.55 Å². The minimum Gasteiger partial charge on any atom is -0.497 e. The molecule has 0 spiro atoms. The van der Waals surface area contributed by atoms with E-state index in [1.165, 1.54) is 11.8 Å². The lowest BCUT2D eigenvalue weighted by atomic mass is 10.1. The number of para-hydroxylation sites is 1. The lowest BCUT2D eigenvalue weighted by molar-refractivity contribution is 0.102. The summed E-state index contributed by atoms with van der Waals surface area (Å²) >= 11 is 1.25. The van der Waals surface area contributed by atoms with Crippen molar-refractivity contribution in [1.29, 1.82) is 0 Å². The fraction of sp³-hybridized carbons (Fsp3) is 0.160. The second-order valence-corrected chi connectivity index (χ2v) is 8.33. The molecule has 7 heteroatoms. The van der Waals surface area contributed by atoms with Crippen LogP contribution < -0.4 is 15.0 Å². The van der Waals surface area contributed by atoms with Crippen LogP contribution in [0.15, 0.2) is 76.7 Å². The van der Waals surface area contributed by atoms with Crippen LogP contribution in [0.25, 0.3) is 16.6 Å². The van der Waals surface area contributed by atoms with Crippen LogP contribution in [-0.2, 0) is 6.42 Å². The number of carbonyl (C=O) groups excluding carboxylic acids is 1. The van der Waals surface area contributed by atoms with Gasteiger partial charge in [-0.3, -0.25) is 14.2 Å². The highest BCUT2D eigenvalue weighted by molar-refractivity contribution is 7.99. The molecule has 1 aliphatic heterocycles. The maximum atomic E-state index is 13.4. The van der Waals surface area contributed by atoms with Crippen molar-refractivity contribution in [3.05, 3.63) is 88.2 Å². The molecule has 1 aromatic heterocycles. The summed E-state index contributed by atoms with van der Waals surface area (Å²) in [4.78, 5) is 31.0. The number of hydrogen-bond acceptors (Lipinski definition) is 6. The largest absolute Gasteiger partial charge is 0.497 e. The van der Waals surface area contributed by atoms with E-state index in [4.69, 9.17) is 14.5 Å². The van der Waals surface area contributed by atoms with Gasteiger partial charge in [0, 0.05) is 18.1 Å². The van der Waals surface area contributed by atoms with Gasteiger partial charge in [0.05, 0.1) is 36.1 Å². The van der Waals surface area contributed by atoms with Gasteiger partial charge in [-0.05, 0) is 48.0 Å². The molecule has 0 aliphatic carbocycles. The predicted molar refractivity (Wildman–Crippen MR) is 125 cm³/mol. The van der Waals surface area contributed by atoms with Crippen LogP contribution in [-0.4, -0.2) is 34.8 Å². The normalized spacial score (nSPS) is 12.4. The summed E-state index contributed by atoms with van der Waals surface area (Å²) in [5.41, 5.74) is 2.74. The zero-order chi connectivity index (χ0) is 22.1. The third-order valence-electron chi connectivity index (χ3n) is 5.40. The molecule has 32 heavy (non-hydrogen) atoms. The maximum absolute atomic E-state index is 13.4. The van der Waals surface area contributed by atoms with E-state index in [-0.39, 0.29) is 17.1 Å². The average molecular weight is 445 g/mol. The van der Waals surface area contributed by atoms with Gasteiger partial charge < -0.3 is 9.47 Å². The quantitative estimate of drug-likeness (QED) is 0.251. The molecule has 0 N–H and O–H groups in total. The Hall–Kier alpha value is -3.58. The Labute approximate surface area is 188 Å². The van der Waals surface area contributed by atoms with Crippen LogP contribution in [0.2, 0.25) is 0 Å². The van der Waals surface area contributed by atoms with Crippen LogP contribution in [0, 0.1) is 0 Å². The number of nitrogens with zero attached hydrogens (tertiary/aromatic N) is 2. The van der Waals surface area contributed by atoms with E-state index < -0.39 is 0 Å². The molecule has 160 valence electrons. The number of thioether (sulfide) groups is 1.